The predicted octanol–water partition coefficient (Wildman–Crippen LogP) is 4.69. The zero-order valence-electron chi connectivity index (χ0n) is 28.6. The molecule has 0 amide bonds. The van der Waals surface area contributed by atoms with Gasteiger partial charge in [-0.15, -0.1) is 0 Å². The van der Waals surface area contributed by atoms with Crippen molar-refractivity contribution in [3.63, 3.8) is 0 Å². The zero-order valence-corrected chi connectivity index (χ0v) is 28.6. The summed E-state index contributed by atoms with van der Waals surface area (Å²) in [5, 5.41) is 45.0. The molecule has 1 fully saturated rings. The molecule has 0 spiro atoms. The van der Waals surface area contributed by atoms with Crippen LogP contribution < -0.4 is 0 Å². The molecule has 0 radical (unpaired) electrons. The smallest absolute Gasteiger partial charge is 0.373 e. The van der Waals surface area contributed by atoms with E-state index in [2.05, 4.69) is 0 Å². The Morgan fingerprint density at radius 1 is 1.05 bits per heavy atom. The van der Waals surface area contributed by atoms with Crippen molar-refractivity contribution in [1.29, 1.82) is 0 Å². The molecule has 44 heavy (non-hydrogen) atoms. The van der Waals surface area contributed by atoms with Crippen molar-refractivity contribution >= 4 is 5.97 Å². The summed E-state index contributed by atoms with van der Waals surface area (Å²) < 4.78 is 23.4. The fourth-order valence-corrected chi connectivity index (χ4v) is 6.54. The van der Waals surface area contributed by atoms with Gasteiger partial charge in [0.25, 0.3) is 0 Å². The molecule has 252 valence electrons. The summed E-state index contributed by atoms with van der Waals surface area (Å²) in [4.78, 5) is 13.5. The standard InChI is InChI=1S/C35H58O9/c1-19(2)32-24(7)27(36)18-35(40,44-32)26(9)31(38)25(8)33-28(41-10)14-12-13-20(3)15-22(5)30(37)23(6)16-21(4)17-29(42-11)34(39)43-33/h12-14,16-17,19,22-28,30-33,36-38,40H,15,18H2,1-11H3/t22?,23?,24-,25-,26-,27+,28?,30?,31+,32+,33?,35+/m0/s1. The lowest BCUT2D eigenvalue weighted by Crippen LogP contribution is -2.59. The predicted molar refractivity (Wildman–Crippen MR) is 170 cm³/mol. The minimum Gasteiger partial charge on any atom is -0.490 e. The Balaban J connectivity index is 2.52. The molecule has 12 atom stereocenters. The van der Waals surface area contributed by atoms with Crippen LogP contribution in [0.15, 0.2) is 47.3 Å². The van der Waals surface area contributed by atoms with Crippen LogP contribution in [0.4, 0.5) is 0 Å². The average molecular weight is 623 g/mol. The minimum atomic E-state index is -1.80. The Morgan fingerprint density at radius 3 is 2.25 bits per heavy atom. The van der Waals surface area contributed by atoms with Gasteiger partial charge < -0.3 is 39.4 Å². The first-order valence-electron chi connectivity index (χ1n) is 15.9. The van der Waals surface area contributed by atoms with E-state index in [1.54, 1.807) is 26.0 Å². The second-order valence-corrected chi connectivity index (χ2v) is 13.6. The molecule has 2 rings (SSSR count). The number of carbonyl (C=O) groups is 1. The molecule has 0 saturated carbocycles. The van der Waals surface area contributed by atoms with E-state index in [1.165, 1.54) is 14.2 Å². The van der Waals surface area contributed by atoms with Crippen molar-refractivity contribution in [3.8, 4) is 0 Å². The van der Waals surface area contributed by atoms with Crippen LogP contribution >= 0.6 is 0 Å². The number of hydrogen-bond donors (Lipinski definition) is 4. The maximum absolute atomic E-state index is 13.5. The lowest BCUT2D eigenvalue weighted by molar-refractivity contribution is -0.328. The highest BCUT2D eigenvalue weighted by atomic mass is 16.6. The van der Waals surface area contributed by atoms with E-state index in [1.807, 2.05) is 66.7 Å². The molecule has 2 aliphatic heterocycles. The molecular formula is C35H58O9. The van der Waals surface area contributed by atoms with Gasteiger partial charge in [0.15, 0.2) is 5.79 Å². The molecule has 2 aliphatic rings. The second-order valence-electron chi connectivity index (χ2n) is 13.6. The van der Waals surface area contributed by atoms with Crippen molar-refractivity contribution < 1.29 is 44.2 Å². The molecule has 1 saturated heterocycles. The van der Waals surface area contributed by atoms with Crippen LogP contribution in [0.3, 0.4) is 0 Å². The molecule has 9 heteroatoms. The fraction of sp³-hybridized carbons (Fsp3) is 0.743. The normalized spacial score (nSPS) is 36.9. The van der Waals surface area contributed by atoms with E-state index in [0.717, 1.165) is 11.1 Å². The Hall–Kier alpha value is -2.01. The Bertz CT molecular complexity index is 1060. The lowest BCUT2D eigenvalue weighted by atomic mass is 9.76. The van der Waals surface area contributed by atoms with Gasteiger partial charge in [0.05, 0.1) is 31.5 Å². The van der Waals surface area contributed by atoms with Gasteiger partial charge in [0, 0.05) is 37.2 Å². The van der Waals surface area contributed by atoms with Gasteiger partial charge in [-0.3, -0.25) is 0 Å². The van der Waals surface area contributed by atoms with Crippen LogP contribution in [-0.2, 0) is 23.7 Å². The summed E-state index contributed by atoms with van der Waals surface area (Å²) in [6.45, 7) is 17.0. The quantitative estimate of drug-likeness (QED) is 0.298. The number of hydrogen-bond acceptors (Lipinski definition) is 9. The largest absolute Gasteiger partial charge is 0.490 e. The molecule has 0 aliphatic carbocycles. The van der Waals surface area contributed by atoms with Gasteiger partial charge in [0.2, 0.25) is 5.76 Å². The number of aliphatic hydroxyl groups is 4. The number of esters is 1. The minimum absolute atomic E-state index is 0.00492. The van der Waals surface area contributed by atoms with Crippen LogP contribution in [0, 0.1) is 35.5 Å². The topological polar surface area (TPSA) is 135 Å². The van der Waals surface area contributed by atoms with E-state index in [0.29, 0.717) is 6.42 Å². The molecule has 5 unspecified atom stereocenters. The molecule has 0 aromatic rings. The average Bonchev–Trinajstić information content (AvgIpc) is 2.96. The summed E-state index contributed by atoms with van der Waals surface area (Å²) in [7, 11) is 2.87. The highest BCUT2D eigenvalue weighted by Crippen LogP contribution is 2.41. The fourth-order valence-electron chi connectivity index (χ4n) is 6.54. The summed E-state index contributed by atoms with van der Waals surface area (Å²) >= 11 is 0. The first-order chi connectivity index (χ1) is 20.5. The maximum atomic E-state index is 13.5. The molecule has 0 bridgehead atoms. The van der Waals surface area contributed by atoms with Gasteiger partial charge in [-0.2, -0.15) is 0 Å². The number of rotatable bonds is 7. The van der Waals surface area contributed by atoms with E-state index < -0.39 is 60.2 Å². The third-order valence-electron chi connectivity index (χ3n) is 9.50. The van der Waals surface area contributed by atoms with E-state index in [9.17, 15) is 25.2 Å². The van der Waals surface area contributed by atoms with Crippen molar-refractivity contribution in [2.45, 2.75) is 118 Å². The Kier molecular flexibility index (Phi) is 14.3. The maximum Gasteiger partial charge on any atom is 0.373 e. The van der Waals surface area contributed by atoms with Crippen LogP contribution in [0.5, 0.6) is 0 Å². The number of aliphatic hydroxyl groups excluding tert-OH is 3. The van der Waals surface area contributed by atoms with E-state index >= 15 is 0 Å². The van der Waals surface area contributed by atoms with E-state index in [4.69, 9.17) is 18.9 Å². The molecular weight excluding hydrogens is 564 g/mol. The summed E-state index contributed by atoms with van der Waals surface area (Å²) in [5.41, 5.74) is 1.78. The molecule has 0 aromatic heterocycles. The Labute approximate surface area is 264 Å². The molecule has 2 heterocycles. The van der Waals surface area contributed by atoms with Crippen LogP contribution in [0.1, 0.15) is 75.2 Å². The lowest BCUT2D eigenvalue weighted by Gasteiger charge is -2.49. The number of methoxy groups -OCH3 is 2. The van der Waals surface area contributed by atoms with Gasteiger partial charge in [0.1, 0.15) is 12.2 Å². The third-order valence-corrected chi connectivity index (χ3v) is 9.50. The number of cyclic esters (lactones) is 1. The first-order valence-corrected chi connectivity index (χ1v) is 15.9. The monoisotopic (exact) mass is 622 g/mol. The molecule has 0 aromatic carbocycles. The van der Waals surface area contributed by atoms with Crippen molar-refractivity contribution in [3.05, 3.63) is 47.3 Å². The Morgan fingerprint density at radius 2 is 1.68 bits per heavy atom. The van der Waals surface area contributed by atoms with Gasteiger partial charge in [-0.1, -0.05) is 83.9 Å². The van der Waals surface area contributed by atoms with Crippen LogP contribution in [0.25, 0.3) is 0 Å². The van der Waals surface area contributed by atoms with E-state index in [-0.39, 0.29) is 35.9 Å². The zero-order chi connectivity index (χ0) is 33.5. The van der Waals surface area contributed by atoms with Crippen molar-refractivity contribution in [2.24, 2.45) is 35.5 Å². The summed E-state index contributed by atoms with van der Waals surface area (Å²) in [5.74, 6) is -4.49. The van der Waals surface area contributed by atoms with Gasteiger partial charge in [-0.25, -0.2) is 4.79 Å². The van der Waals surface area contributed by atoms with Crippen LogP contribution in [0.2, 0.25) is 0 Å². The molecule has 9 nitrogen and oxygen atoms in total. The summed E-state index contributed by atoms with van der Waals surface area (Å²) in [6.07, 6.45) is 4.85. The van der Waals surface area contributed by atoms with Crippen molar-refractivity contribution in [1.82, 2.24) is 0 Å². The second kappa shape index (κ2) is 16.5. The first kappa shape index (κ1) is 38.2. The SMILES string of the molecule is COC1=CC(C)=CC(C)C(O)C(C)CC(C)=CC=CC(OC)C([C@@H](C)[C@@H](O)[C@H](C)[C@@]2(O)C[C@@H](O)[C@H](C)[C@@H](C(C)C)O2)OC1=O. The summed E-state index contributed by atoms with van der Waals surface area (Å²) in [6, 6.07) is 0. The third kappa shape index (κ3) is 9.50. The van der Waals surface area contributed by atoms with Crippen molar-refractivity contribution in [2.75, 3.05) is 14.2 Å². The number of carbonyl (C=O) groups excluding carboxylic acids is 1. The highest BCUT2D eigenvalue weighted by Gasteiger charge is 2.51. The molecule has 4 N–H and O–H groups in total. The van der Waals surface area contributed by atoms with Crippen LogP contribution in [-0.4, -0.2) is 83.0 Å². The highest BCUT2D eigenvalue weighted by molar-refractivity contribution is 5.87. The van der Waals surface area contributed by atoms with Gasteiger partial charge >= 0.3 is 5.97 Å². The number of allylic oxidation sites excluding steroid dienone is 5. The van der Waals surface area contributed by atoms with Gasteiger partial charge in [-0.05, 0) is 38.2 Å². The number of ether oxygens (including phenoxy) is 4.